The molecule has 190 valence electrons. The fraction of sp³-hybridized carbons (Fsp3) is 0.524. The molecule has 0 radical (unpaired) electrons. The zero-order valence-corrected chi connectivity index (χ0v) is 20.9. The van der Waals surface area contributed by atoms with E-state index in [4.69, 9.17) is 0 Å². The van der Waals surface area contributed by atoms with E-state index in [1.165, 1.54) is 18.1 Å². The number of halogens is 4. The molecule has 0 saturated carbocycles. The molecule has 0 bridgehead atoms. The topological polar surface area (TPSA) is 92.0 Å². The first kappa shape index (κ1) is 25.8. The summed E-state index contributed by atoms with van der Waals surface area (Å²) in [7, 11) is 1.80. The van der Waals surface area contributed by atoms with Crippen molar-refractivity contribution in [2.24, 2.45) is 7.05 Å². The number of piperidine rings is 1. The Kier molecular flexibility index (Phi) is 7.36. The number of alkyl halides is 4. The van der Waals surface area contributed by atoms with E-state index in [1.54, 1.807) is 31.8 Å². The average molecular weight is 532 g/mol. The van der Waals surface area contributed by atoms with Crippen molar-refractivity contribution < 1.29 is 22.7 Å². The molecule has 35 heavy (non-hydrogen) atoms. The minimum atomic E-state index is -4.69. The number of thiazole rings is 1. The highest BCUT2D eigenvalue weighted by atomic mass is 32.2. The molecule has 0 amide bonds. The molecule has 2 unspecified atom stereocenters. The van der Waals surface area contributed by atoms with Gasteiger partial charge in [-0.2, -0.15) is 18.3 Å². The lowest BCUT2D eigenvalue weighted by atomic mass is 10.1. The van der Waals surface area contributed by atoms with Crippen LogP contribution in [0, 0.1) is 0 Å². The second kappa shape index (κ2) is 9.99. The van der Waals surface area contributed by atoms with Crippen LogP contribution in [0.5, 0.6) is 0 Å². The van der Waals surface area contributed by atoms with Gasteiger partial charge in [0.1, 0.15) is 22.4 Å². The van der Waals surface area contributed by atoms with Crippen molar-refractivity contribution in [1.82, 2.24) is 29.0 Å². The van der Waals surface area contributed by atoms with Crippen molar-refractivity contribution in [2.45, 2.75) is 55.6 Å². The van der Waals surface area contributed by atoms with Gasteiger partial charge in [-0.3, -0.25) is 4.68 Å². The molecule has 3 aromatic heterocycles. The van der Waals surface area contributed by atoms with E-state index in [1.807, 2.05) is 10.5 Å². The Balaban J connectivity index is 1.50. The summed E-state index contributed by atoms with van der Waals surface area (Å²) in [5.41, 5.74) is -2.43. The highest BCUT2D eigenvalue weighted by Crippen LogP contribution is 2.38. The number of rotatable bonds is 7. The van der Waals surface area contributed by atoms with Gasteiger partial charge in [0.2, 0.25) is 5.95 Å². The van der Waals surface area contributed by atoms with Crippen molar-refractivity contribution >= 4 is 29.2 Å². The van der Waals surface area contributed by atoms with Gasteiger partial charge in [-0.25, -0.2) is 23.6 Å². The van der Waals surface area contributed by atoms with Crippen LogP contribution in [0.2, 0.25) is 0 Å². The Morgan fingerprint density at radius 2 is 2.00 bits per heavy atom. The highest BCUT2D eigenvalue weighted by Gasteiger charge is 2.37. The van der Waals surface area contributed by atoms with Crippen LogP contribution in [0.1, 0.15) is 30.7 Å². The first-order chi connectivity index (χ1) is 16.4. The molecule has 4 heterocycles. The number of aliphatic hydroxyl groups is 1. The molecule has 3 aromatic rings. The summed E-state index contributed by atoms with van der Waals surface area (Å²) < 4.78 is 59.4. The van der Waals surface area contributed by atoms with E-state index in [9.17, 15) is 22.7 Å². The van der Waals surface area contributed by atoms with Gasteiger partial charge in [0.05, 0.1) is 22.7 Å². The standard InChI is InChI=1S/C21H25F4N7OS2/c1-20(2,33)6-12-7-26-18(34-12)17-14(21(23,24)25)9-27-19(30-17)29-16-4-5-32(11-15(16)22)35-13-8-28-31(3)10-13/h7-10,15-16,33H,4-6,11H2,1-3H3,(H,27,29,30). The van der Waals surface area contributed by atoms with Gasteiger partial charge < -0.3 is 10.4 Å². The van der Waals surface area contributed by atoms with E-state index in [-0.39, 0.29) is 29.6 Å². The van der Waals surface area contributed by atoms with Gasteiger partial charge in [-0.15, -0.1) is 11.3 Å². The third-order valence-electron chi connectivity index (χ3n) is 5.19. The highest BCUT2D eigenvalue weighted by molar-refractivity contribution is 7.97. The van der Waals surface area contributed by atoms with Crippen molar-refractivity contribution in [3.8, 4) is 10.7 Å². The molecule has 1 saturated heterocycles. The van der Waals surface area contributed by atoms with E-state index < -0.39 is 29.6 Å². The summed E-state index contributed by atoms with van der Waals surface area (Å²) >= 11 is 2.43. The lowest BCUT2D eigenvalue weighted by Crippen LogP contribution is -2.45. The van der Waals surface area contributed by atoms with Crippen LogP contribution in [0.25, 0.3) is 10.7 Å². The maximum Gasteiger partial charge on any atom is 0.420 e. The van der Waals surface area contributed by atoms with E-state index >= 15 is 0 Å². The maximum atomic E-state index is 14.9. The first-order valence-corrected chi connectivity index (χ1v) is 12.4. The van der Waals surface area contributed by atoms with Gasteiger partial charge in [0.15, 0.2) is 0 Å². The van der Waals surface area contributed by atoms with Crippen molar-refractivity contribution in [3.63, 3.8) is 0 Å². The van der Waals surface area contributed by atoms with Crippen LogP contribution < -0.4 is 5.32 Å². The molecule has 4 rings (SSSR count). The molecular weight excluding hydrogens is 506 g/mol. The quantitative estimate of drug-likeness (QED) is 0.346. The summed E-state index contributed by atoms with van der Waals surface area (Å²) in [5.74, 6) is -0.0896. The van der Waals surface area contributed by atoms with Gasteiger partial charge >= 0.3 is 6.18 Å². The third kappa shape index (κ3) is 6.68. The number of aromatic nitrogens is 5. The van der Waals surface area contributed by atoms with E-state index in [2.05, 4.69) is 25.4 Å². The van der Waals surface area contributed by atoms with Crippen molar-refractivity contribution in [2.75, 3.05) is 18.4 Å². The zero-order valence-electron chi connectivity index (χ0n) is 19.3. The first-order valence-electron chi connectivity index (χ1n) is 10.8. The second-order valence-corrected chi connectivity index (χ2v) is 11.2. The zero-order chi connectivity index (χ0) is 25.4. The maximum absolute atomic E-state index is 14.9. The monoisotopic (exact) mass is 531 g/mol. The second-order valence-electron chi connectivity index (χ2n) is 8.96. The molecule has 0 aliphatic carbocycles. The normalized spacial score (nSPS) is 19.8. The molecule has 0 aromatic carbocycles. The third-order valence-corrected chi connectivity index (χ3v) is 7.21. The number of aryl methyl sites for hydroxylation is 1. The number of nitrogens with zero attached hydrogens (tertiary/aromatic N) is 6. The largest absolute Gasteiger partial charge is 0.420 e. The van der Waals surface area contributed by atoms with Gasteiger partial charge in [0, 0.05) is 50.0 Å². The Morgan fingerprint density at radius 1 is 1.23 bits per heavy atom. The minimum Gasteiger partial charge on any atom is -0.390 e. The van der Waals surface area contributed by atoms with Crippen molar-refractivity contribution in [1.29, 1.82) is 0 Å². The molecule has 1 fully saturated rings. The van der Waals surface area contributed by atoms with Gasteiger partial charge in [-0.05, 0) is 32.2 Å². The lowest BCUT2D eigenvalue weighted by Gasteiger charge is -2.33. The predicted octanol–water partition coefficient (Wildman–Crippen LogP) is 4.20. The minimum absolute atomic E-state index is 0.0570. The number of hydrogen-bond acceptors (Lipinski definition) is 9. The van der Waals surface area contributed by atoms with Crippen LogP contribution >= 0.6 is 23.3 Å². The number of anilines is 1. The van der Waals surface area contributed by atoms with Crippen LogP contribution in [-0.2, 0) is 19.6 Å². The molecule has 8 nitrogen and oxygen atoms in total. The summed E-state index contributed by atoms with van der Waals surface area (Å²) in [5, 5.41) is 17.0. The fourth-order valence-corrected chi connectivity index (χ4v) is 5.77. The molecule has 2 N–H and O–H groups in total. The van der Waals surface area contributed by atoms with Gasteiger partial charge in [0.25, 0.3) is 0 Å². The molecule has 2 atom stereocenters. The Morgan fingerprint density at radius 3 is 2.63 bits per heavy atom. The smallest absolute Gasteiger partial charge is 0.390 e. The van der Waals surface area contributed by atoms with Crippen molar-refractivity contribution in [3.05, 3.63) is 35.2 Å². The summed E-state index contributed by atoms with van der Waals surface area (Å²) in [6.45, 7) is 3.91. The number of nitrogens with one attached hydrogen (secondary N) is 1. The van der Waals surface area contributed by atoms with Crippen LogP contribution in [0.4, 0.5) is 23.5 Å². The predicted molar refractivity (Wildman–Crippen MR) is 126 cm³/mol. The van der Waals surface area contributed by atoms with E-state index in [0.29, 0.717) is 24.0 Å². The Bertz CT molecular complexity index is 1160. The molecule has 1 aliphatic rings. The fourth-order valence-electron chi connectivity index (χ4n) is 3.63. The average Bonchev–Trinajstić information content (AvgIpc) is 3.36. The molecular formula is C21H25F4N7OS2. The summed E-state index contributed by atoms with van der Waals surface area (Å²) in [4.78, 5) is 13.5. The summed E-state index contributed by atoms with van der Waals surface area (Å²) in [6.07, 6.45) is 0.357. The summed E-state index contributed by atoms with van der Waals surface area (Å²) in [6, 6.07) is -0.646. The van der Waals surface area contributed by atoms with Crippen LogP contribution in [0.15, 0.2) is 29.7 Å². The van der Waals surface area contributed by atoms with Crippen LogP contribution in [0.3, 0.4) is 0 Å². The van der Waals surface area contributed by atoms with Gasteiger partial charge in [-0.1, -0.05) is 0 Å². The Hall–Kier alpha value is -2.29. The Labute approximate surface area is 207 Å². The number of hydrogen-bond donors (Lipinski definition) is 2. The van der Waals surface area contributed by atoms with Crippen LogP contribution in [-0.4, -0.2) is 65.0 Å². The van der Waals surface area contributed by atoms with E-state index in [0.717, 1.165) is 16.2 Å². The molecule has 14 heteroatoms. The lowest BCUT2D eigenvalue weighted by molar-refractivity contribution is -0.137. The molecule has 0 spiro atoms. The molecule has 1 aliphatic heterocycles. The SMILES string of the molecule is Cn1cc(SN2CCC(Nc3ncc(C(F)(F)F)c(-c4ncc(CC(C)(C)O)s4)n3)C(F)C2)cn1.